The number of carbonyl (C=O) groups is 2. The molecule has 1 rings (SSSR count). The third-order valence-electron chi connectivity index (χ3n) is 2.74. The summed E-state index contributed by atoms with van der Waals surface area (Å²) >= 11 is 2.18. The predicted octanol–water partition coefficient (Wildman–Crippen LogP) is 2.20. The summed E-state index contributed by atoms with van der Waals surface area (Å²) in [7, 11) is 0. The lowest BCUT2D eigenvalue weighted by atomic mass is 9.94. The molecule has 0 aromatic heterocycles. The molecule has 0 radical (unpaired) electrons. The summed E-state index contributed by atoms with van der Waals surface area (Å²) < 4.78 is 6.21. The van der Waals surface area contributed by atoms with Crippen LogP contribution in [0.4, 0.5) is 0 Å². The molecule has 1 aromatic rings. The van der Waals surface area contributed by atoms with Crippen LogP contribution >= 0.6 is 22.6 Å². The summed E-state index contributed by atoms with van der Waals surface area (Å²) in [5, 5.41) is 9.25. The van der Waals surface area contributed by atoms with E-state index >= 15 is 0 Å². The highest BCUT2D eigenvalue weighted by atomic mass is 127. The molecule has 1 aromatic carbocycles. The van der Waals surface area contributed by atoms with E-state index < -0.39 is 29.5 Å². The third kappa shape index (κ3) is 6.01. The highest BCUT2D eigenvalue weighted by Gasteiger charge is 2.36. The van der Waals surface area contributed by atoms with Crippen molar-refractivity contribution in [2.45, 2.75) is 38.8 Å². The van der Waals surface area contributed by atoms with Crippen molar-refractivity contribution in [3.05, 3.63) is 33.4 Å². The van der Waals surface area contributed by atoms with Crippen LogP contribution in [-0.4, -0.2) is 28.7 Å². The van der Waals surface area contributed by atoms with Crippen LogP contribution in [0.1, 0.15) is 26.3 Å². The molecule has 6 heteroatoms. The Labute approximate surface area is 138 Å². The first-order valence-electron chi connectivity index (χ1n) is 6.56. The number of hydrogen-bond donors (Lipinski definition) is 2. The van der Waals surface area contributed by atoms with Crippen LogP contribution in [0.25, 0.3) is 0 Å². The van der Waals surface area contributed by atoms with Gasteiger partial charge in [-0.05, 0) is 67.5 Å². The average Bonchev–Trinajstić information content (AvgIpc) is 2.29. The van der Waals surface area contributed by atoms with E-state index in [-0.39, 0.29) is 0 Å². The monoisotopic (exact) mass is 405 g/mol. The number of esters is 1. The summed E-state index contributed by atoms with van der Waals surface area (Å²) in [6, 6.07) is 6.72. The molecular weight excluding hydrogens is 385 g/mol. The molecule has 0 saturated heterocycles. The predicted molar refractivity (Wildman–Crippen MR) is 87.8 cm³/mol. The van der Waals surface area contributed by atoms with Crippen molar-refractivity contribution < 1.29 is 19.4 Å². The van der Waals surface area contributed by atoms with E-state index in [2.05, 4.69) is 22.6 Å². The van der Waals surface area contributed by atoms with Gasteiger partial charge < -0.3 is 15.6 Å². The lowest BCUT2D eigenvalue weighted by molar-refractivity contribution is -0.167. The van der Waals surface area contributed by atoms with E-state index in [1.165, 1.54) is 0 Å². The first kappa shape index (κ1) is 17.9. The molecule has 0 fully saturated rings. The van der Waals surface area contributed by atoms with Crippen molar-refractivity contribution in [3.63, 3.8) is 0 Å². The average molecular weight is 405 g/mol. The number of carboxylic acids is 1. The number of hydrogen-bond acceptors (Lipinski definition) is 4. The summed E-state index contributed by atoms with van der Waals surface area (Å²) in [6.07, 6.45) is 0.299. The smallest absolute Gasteiger partial charge is 0.322 e. The van der Waals surface area contributed by atoms with Gasteiger partial charge in [-0.1, -0.05) is 12.1 Å². The fourth-order valence-corrected chi connectivity index (χ4v) is 2.19. The van der Waals surface area contributed by atoms with Crippen molar-refractivity contribution >= 4 is 34.5 Å². The van der Waals surface area contributed by atoms with Gasteiger partial charge in [0.1, 0.15) is 5.60 Å². The molecule has 0 aliphatic heterocycles. The molecule has 2 atom stereocenters. The van der Waals surface area contributed by atoms with Gasteiger partial charge in [0.25, 0.3) is 0 Å². The number of carboxylic acid groups (broad SMARTS) is 1. The van der Waals surface area contributed by atoms with Crippen LogP contribution < -0.4 is 5.73 Å². The van der Waals surface area contributed by atoms with Crippen molar-refractivity contribution in [2.75, 3.05) is 0 Å². The number of halogens is 1. The van der Waals surface area contributed by atoms with Gasteiger partial charge in [0.15, 0.2) is 5.92 Å². The maximum absolute atomic E-state index is 12.0. The van der Waals surface area contributed by atoms with Gasteiger partial charge in [-0.2, -0.15) is 0 Å². The van der Waals surface area contributed by atoms with Gasteiger partial charge in [-0.25, -0.2) is 0 Å². The second kappa shape index (κ2) is 7.22. The van der Waals surface area contributed by atoms with Crippen molar-refractivity contribution in [3.8, 4) is 0 Å². The number of rotatable bonds is 5. The minimum Gasteiger partial charge on any atom is -0.481 e. The Morgan fingerprint density at radius 2 is 1.81 bits per heavy atom. The highest BCUT2D eigenvalue weighted by Crippen LogP contribution is 2.17. The summed E-state index contributed by atoms with van der Waals surface area (Å²) in [5.41, 5.74) is 6.07. The fraction of sp³-hybridized carbons (Fsp3) is 0.467. The number of benzene rings is 1. The minimum atomic E-state index is -1.37. The second-order valence-electron chi connectivity index (χ2n) is 5.84. The molecule has 21 heavy (non-hydrogen) atoms. The first-order chi connectivity index (χ1) is 9.60. The zero-order valence-corrected chi connectivity index (χ0v) is 14.5. The SMILES string of the molecule is CC(C)(C)OC(=O)[C@@H](C(=O)O)C(N)Cc1ccc(I)cc1. The Morgan fingerprint density at radius 1 is 1.29 bits per heavy atom. The van der Waals surface area contributed by atoms with Gasteiger partial charge in [0.2, 0.25) is 0 Å². The van der Waals surface area contributed by atoms with Crippen LogP contribution in [-0.2, 0) is 20.7 Å². The Kier molecular flexibility index (Phi) is 6.15. The van der Waals surface area contributed by atoms with E-state index in [9.17, 15) is 14.7 Å². The van der Waals surface area contributed by atoms with Gasteiger partial charge in [-0.15, -0.1) is 0 Å². The molecule has 0 bridgehead atoms. The Balaban J connectivity index is 2.82. The normalized spacial score (nSPS) is 14.3. The van der Waals surface area contributed by atoms with Crippen molar-refractivity contribution in [1.29, 1.82) is 0 Å². The van der Waals surface area contributed by atoms with Crippen LogP contribution in [0, 0.1) is 9.49 Å². The molecular formula is C15H20INO4. The van der Waals surface area contributed by atoms with Gasteiger partial charge >= 0.3 is 11.9 Å². The molecule has 116 valence electrons. The zero-order valence-electron chi connectivity index (χ0n) is 12.3. The lowest BCUT2D eigenvalue weighted by Gasteiger charge is -2.25. The maximum atomic E-state index is 12.0. The third-order valence-corrected chi connectivity index (χ3v) is 3.46. The van der Waals surface area contributed by atoms with E-state index in [1.807, 2.05) is 24.3 Å². The first-order valence-corrected chi connectivity index (χ1v) is 7.64. The molecule has 1 unspecified atom stereocenters. The molecule has 0 aliphatic rings. The topological polar surface area (TPSA) is 89.6 Å². The van der Waals surface area contributed by atoms with E-state index in [0.717, 1.165) is 9.13 Å². The highest BCUT2D eigenvalue weighted by molar-refractivity contribution is 14.1. The fourth-order valence-electron chi connectivity index (χ4n) is 1.83. The molecule has 3 N–H and O–H groups in total. The number of carbonyl (C=O) groups excluding carboxylic acids is 1. The van der Waals surface area contributed by atoms with Gasteiger partial charge in [0, 0.05) is 9.61 Å². The second-order valence-corrected chi connectivity index (χ2v) is 7.09. The van der Waals surface area contributed by atoms with Gasteiger partial charge in [0.05, 0.1) is 0 Å². The maximum Gasteiger partial charge on any atom is 0.322 e. The minimum absolute atomic E-state index is 0.299. The molecule has 0 saturated carbocycles. The largest absolute Gasteiger partial charge is 0.481 e. The number of ether oxygens (including phenoxy) is 1. The number of nitrogens with two attached hydrogens (primary N) is 1. The van der Waals surface area contributed by atoms with Crippen LogP contribution in [0.3, 0.4) is 0 Å². The molecule has 0 spiro atoms. The van der Waals surface area contributed by atoms with E-state index in [4.69, 9.17) is 10.5 Å². The quantitative estimate of drug-likeness (QED) is 0.446. The molecule has 5 nitrogen and oxygen atoms in total. The number of aliphatic carboxylic acids is 1. The van der Waals surface area contributed by atoms with Crippen molar-refractivity contribution in [2.24, 2.45) is 11.7 Å². The Hall–Kier alpha value is -1.15. The molecule has 0 aliphatic carbocycles. The zero-order chi connectivity index (χ0) is 16.2. The molecule has 0 heterocycles. The van der Waals surface area contributed by atoms with Crippen molar-refractivity contribution in [1.82, 2.24) is 0 Å². The Bertz CT molecular complexity index is 507. The van der Waals surface area contributed by atoms with E-state index in [1.54, 1.807) is 20.8 Å². The van der Waals surface area contributed by atoms with Gasteiger partial charge in [-0.3, -0.25) is 9.59 Å². The Morgan fingerprint density at radius 3 is 2.24 bits per heavy atom. The van der Waals surface area contributed by atoms with Crippen LogP contribution in [0.15, 0.2) is 24.3 Å². The summed E-state index contributed by atoms with van der Waals surface area (Å²) in [5.74, 6) is -3.43. The van der Waals surface area contributed by atoms with Crippen LogP contribution in [0.2, 0.25) is 0 Å². The van der Waals surface area contributed by atoms with Crippen LogP contribution in [0.5, 0.6) is 0 Å². The summed E-state index contributed by atoms with van der Waals surface area (Å²) in [6.45, 7) is 5.07. The summed E-state index contributed by atoms with van der Waals surface area (Å²) in [4.78, 5) is 23.3. The van der Waals surface area contributed by atoms with E-state index in [0.29, 0.717) is 6.42 Å². The molecule has 0 amide bonds. The standard InChI is InChI=1S/C15H20INO4/c1-15(2,3)21-14(20)12(13(18)19)11(17)8-9-4-6-10(16)7-5-9/h4-7,11-12H,8,17H2,1-3H3,(H,18,19)/t11?,12-/m1/s1. The lowest BCUT2D eigenvalue weighted by Crippen LogP contribution is -2.45.